The predicted octanol–water partition coefficient (Wildman–Crippen LogP) is 2.81. The second-order valence-corrected chi connectivity index (χ2v) is 10.8. The highest BCUT2D eigenvalue weighted by Crippen LogP contribution is 2.40. The lowest BCUT2D eigenvalue weighted by atomic mass is 9.97. The highest BCUT2D eigenvalue weighted by atomic mass is 32.2. The third-order valence-electron chi connectivity index (χ3n) is 6.19. The van der Waals surface area contributed by atoms with Gasteiger partial charge >= 0.3 is 5.97 Å². The van der Waals surface area contributed by atoms with Crippen molar-refractivity contribution in [1.29, 1.82) is 0 Å². The summed E-state index contributed by atoms with van der Waals surface area (Å²) in [5, 5.41) is 24.0. The van der Waals surface area contributed by atoms with Crippen molar-refractivity contribution >= 4 is 29.5 Å². The second kappa shape index (κ2) is 11.6. The van der Waals surface area contributed by atoms with Crippen molar-refractivity contribution in [1.82, 2.24) is 10.2 Å². The summed E-state index contributed by atoms with van der Waals surface area (Å²) in [6, 6.07) is 11.8. The predicted molar refractivity (Wildman–Crippen MR) is 139 cm³/mol. The normalized spacial score (nSPS) is 18.2. The Hall–Kier alpha value is -3.30. The van der Waals surface area contributed by atoms with E-state index in [0.717, 1.165) is 5.56 Å². The minimum Gasteiger partial charge on any atom is -0.508 e. The average molecular weight is 513 g/mol. The molecule has 1 unspecified atom stereocenters. The SMILES string of the molecule is C=CCOC(=O)C1N(C(=O)[C@@H](O)[C@H](Cc2ccccc2)NC(=O)c2cccc(O)c2C)CSC1(C)C. The van der Waals surface area contributed by atoms with E-state index in [1.54, 1.807) is 19.1 Å². The van der Waals surface area contributed by atoms with Crippen molar-refractivity contribution < 1.29 is 29.3 Å². The summed E-state index contributed by atoms with van der Waals surface area (Å²) < 4.78 is 4.60. The van der Waals surface area contributed by atoms with Gasteiger partial charge in [0.05, 0.1) is 11.9 Å². The number of nitrogens with zero attached hydrogens (tertiary/aromatic N) is 1. The molecular weight excluding hydrogens is 480 g/mol. The molecule has 1 heterocycles. The van der Waals surface area contributed by atoms with Crippen LogP contribution in [-0.2, 0) is 20.7 Å². The number of rotatable bonds is 9. The van der Waals surface area contributed by atoms with Gasteiger partial charge in [-0.2, -0.15) is 0 Å². The van der Waals surface area contributed by atoms with Crippen molar-refractivity contribution in [3.05, 3.63) is 77.9 Å². The molecule has 3 atom stereocenters. The fourth-order valence-electron chi connectivity index (χ4n) is 4.15. The topological polar surface area (TPSA) is 116 Å². The summed E-state index contributed by atoms with van der Waals surface area (Å²) >= 11 is 1.41. The molecule has 9 heteroatoms. The minimum atomic E-state index is -1.63. The molecule has 2 aromatic carbocycles. The first-order valence-electron chi connectivity index (χ1n) is 11.6. The first-order valence-corrected chi connectivity index (χ1v) is 12.6. The van der Waals surface area contributed by atoms with Gasteiger partial charge in [-0.3, -0.25) is 9.59 Å². The molecule has 2 amide bonds. The van der Waals surface area contributed by atoms with Crippen LogP contribution in [0.1, 0.15) is 35.3 Å². The van der Waals surface area contributed by atoms with E-state index in [1.807, 2.05) is 44.2 Å². The zero-order valence-corrected chi connectivity index (χ0v) is 21.5. The van der Waals surface area contributed by atoms with E-state index in [2.05, 4.69) is 11.9 Å². The molecule has 2 aromatic rings. The standard InChI is InChI=1S/C27H32N2O6S/c1-5-14-35-26(34)23-27(3,4)36-16-29(23)25(33)22(31)20(15-18-10-7-6-8-11-18)28-24(32)19-12-9-13-21(30)17(19)2/h5-13,20,22-23,30-31H,1,14-16H2,2-4H3,(H,28,32)/t20-,22-,23?/m0/s1. The van der Waals surface area contributed by atoms with Crippen LogP contribution in [-0.4, -0.2) is 68.3 Å². The van der Waals surface area contributed by atoms with E-state index in [1.165, 1.54) is 28.8 Å². The number of hydrogen-bond acceptors (Lipinski definition) is 7. The molecule has 8 nitrogen and oxygen atoms in total. The Labute approximate surface area is 215 Å². The molecule has 0 spiro atoms. The Morgan fingerprint density at radius 2 is 1.92 bits per heavy atom. The molecule has 0 bridgehead atoms. The highest BCUT2D eigenvalue weighted by molar-refractivity contribution is 8.00. The van der Waals surface area contributed by atoms with E-state index in [0.29, 0.717) is 5.56 Å². The number of aliphatic hydroxyl groups is 1. The maximum Gasteiger partial charge on any atom is 0.330 e. The summed E-state index contributed by atoms with van der Waals surface area (Å²) in [4.78, 5) is 40.8. The van der Waals surface area contributed by atoms with Crippen LogP contribution in [0.25, 0.3) is 0 Å². The maximum atomic E-state index is 13.5. The lowest BCUT2D eigenvalue weighted by molar-refractivity contribution is -0.157. The summed E-state index contributed by atoms with van der Waals surface area (Å²) in [6.45, 7) is 8.85. The Morgan fingerprint density at radius 1 is 1.22 bits per heavy atom. The first-order chi connectivity index (χ1) is 17.1. The number of nitrogens with one attached hydrogen (secondary N) is 1. The molecular formula is C27H32N2O6S. The van der Waals surface area contributed by atoms with Crippen LogP contribution < -0.4 is 5.32 Å². The number of amides is 2. The van der Waals surface area contributed by atoms with Crippen LogP contribution in [0.4, 0.5) is 0 Å². The maximum absolute atomic E-state index is 13.5. The molecule has 1 saturated heterocycles. The third kappa shape index (κ3) is 6.09. The summed E-state index contributed by atoms with van der Waals surface area (Å²) in [5.41, 5.74) is 1.42. The van der Waals surface area contributed by atoms with Gasteiger partial charge in [0.25, 0.3) is 11.8 Å². The van der Waals surface area contributed by atoms with Gasteiger partial charge in [0.2, 0.25) is 0 Å². The van der Waals surface area contributed by atoms with E-state index in [9.17, 15) is 24.6 Å². The first kappa shape index (κ1) is 27.3. The van der Waals surface area contributed by atoms with Crippen molar-refractivity contribution in [2.45, 2.75) is 50.1 Å². The zero-order valence-electron chi connectivity index (χ0n) is 20.6. The number of benzene rings is 2. The van der Waals surface area contributed by atoms with Crippen LogP contribution in [0.15, 0.2) is 61.2 Å². The Morgan fingerprint density at radius 3 is 2.58 bits per heavy atom. The van der Waals surface area contributed by atoms with Crippen molar-refractivity contribution in [2.75, 3.05) is 12.5 Å². The zero-order chi connectivity index (χ0) is 26.5. The number of esters is 1. The third-order valence-corrected chi connectivity index (χ3v) is 7.57. The van der Waals surface area contributed by atoms with Crippen LogP contribution >= 0.6 is 11.8 Å². The van der Waals surface area contributed by atoms with Gasteiger partial charge in [-0.1, -0.05) is 49.1 Å². The Bertz CT molecular complexity index is 1120. The molecule has 192 valence electrons. The summed E-state index contributed by atoms with van der Waals surface area (Å²) in [7, 11) is 0. The van der Waals surface area contributed by atoms with Crippen LogP contribution in [0, 0.1) is 6.92 Å². The highest BCUT2D eigenvalue weighted by Gasteiger charge is 2.50. The van der Waals surface area contributed by atoms with E-state index in [4.69, 9.17) is 4.74 Å². The number of phenols is 1. The molecule has 3 N–H and O–H groups in total. The van der Waals surface area contributed by atoms with Gasteiger partial charge < -0.3 is 25.2 Å². The molecule has 1 fully saturated rings. The summed E-state index contributed by atoms with van der Waals surface area (Å²) in [5.74, 6) is -1.63. The van der Waals surface area contributed by atoms with Gasteiger partial charge in [-0.05, 0) is 44.9 Å². The van der Waals surface area contributed by atoms with Gasteiger partial charge in [-0.25, -0.2) is 4.79 Å². The lowest BCUT2D eigenvalue weighted by Crippen LogP contribution is -2.57. The molecule has 0 aliphatic carbocycles. The smallest absolute Gasteiger partial charge is 0.330 e. The van der Waals surface area contributed by atoms with Crippen molar-refractivity contribution in [3.8, 4) is 5.75 Å². The van der Waals surface area contributed by atoms with Crippen molar-refractivity contribution in [3.63, 3.8) is 0 Å². The number of aromatic hydroxyl groups is 1. The molecule has 36 heavy (non-hydrogen) atoms. The number of ether oxygens (including phenoxy) is 1. The molecule has 1 aliphatic rings. The van der Waals surface area contributed by atoms with Gasteiger partial charge in [0.15, 0.2) is 6.10 Å². The van der Waals surface area contributed by atoms with Crippen molar-refractivity contribution in [2.24, 2.45) is 0 Å². The quantitative estimate of drug-likeness (QED) is 0.349. The van der Waals surface area contributed by atoms with Gasteiger partial charge in [0, 0.05) is 15.9 Å². The fourth-order valence-corrected chi connectivity index (χ4v) is 5.28. The lowest BCUT2D eigenvalue weighted by Gasteiger charge is -2.32. The molecule has 0 saturated carbocycles. The number of aliphatic hydroxyl groups excluding tert-OH is 1. The number of carbonyl (C=O) groups is 3. The molecule has 1 aliphatic heterocycles. The van der Waals surface area contributed by atoms with E-state index < -0.39 is 40.7 Å². The van der Waals surface area contributed by atoms with Crippen LogP contribution in [0.5, 0.6) is 5.75 Å². The number of carbonyl (C=O) groups excluding carboxylic acids is 3. The Kier molecular flexibility index (Phi) is 8.81. The molecule has 0 aromatic heterocycles. The fraction of sp³-hybridized carbons (Fsp3) is 0.370. The minimum absolute atomic E-state index is 0.0105. The van der Waals surface area contributed by atoms with Crippen LogP contribution in [0.2, 0.25) is 0 Å². The average Bonchev–Trinajstić information content (AvgIpc) is 3.18. The van der Waals surface area contributed by atoms with E-state index >= 15 is 0 Å². The van der Waals surface area contributed by atoms with Crippen LogP contribution in [0.3, 0.4) is 0 Å². The number of hydrogen-bond donors (Lipinski definition) is 3. The van der Waals surface area contributed by atoms with Gasteiger partial charge in [0.1, 0.15) is 18.4 Å². The largest absolute Gasteiger partial charge is 0.508 e. The van der Waals surface area contributed by atoms with E-state index in [-0.39, 0.29) is 30.2 Å². The monoisotopic (exact) mass is 512 g/mol. The number of thioether (sulfide) groups is 1. The Balaban J connectivity index is 1.88. The number of phenolic OH excluding ortho intramolecular Hbond substituents is 1. The molecule has 3 rings (SSSR count). The summed E-state index contributed by atoms with van der Waals surface area (Å²) in [6.07, 6.45) is -0.00760. The second-order valence-electron chi connectivity index (χ2n) is 9.17. The van der Waals surface area contributed by atoms with Gasteiger partial charge in [-0.15, -0.1) is 11.8 Å². The molecule has 0 radical (unpaired) electrons.